The topological polar surface area (TPSA) is 166 Å². The standard InChI is InChI=1S/C23H26N2O11Se/c1-11(26)32-10-16-19(33-12(2)27)20(34-13(3)28)21(35-14(4)29)22(36-16)24-18(30)9-25-23(31)15-7-5-6-8-17(15)37-25/h5-8,16,19-22H,9-10H2,1-4H3,(H,24,30)/t16-,19+,20+,21-,22-/m1/s1. The number of carbonyl (C=O) groups excluding carboxylic acids is 5. The van der Waals surface area contributed by atoms with Crippen LogP contribution in [0.5, 0.6) is 0 Å². The molecule has 14 heteroatoms. The number of amides is 1. The first-order valence-corrected chi connectivity index (χ1v) is 12.8. The number of nitrogens with zero attached hydrogens (tertiary/aromatic N) is 1. The van der Waals surface area contributed by atoms with Gasteiger partial charge in [0.1, 0.15) is 0 Å². The molecule has 1 aliphatic heterocycles. The number of hydrogen-bond donors (Lipinski definition) is 1. The van der Waals surface area contributed by atoms with E-state index in [1.165, 1.54) is 3.56 Å². The van der Waals surface area contributed by atoms with Gasteiger partial charge in [-0.3, -0.25) is 0 Å². The van der Waals surface area contributed by atoms with Crippen LogP contribution in [0.2, 0.25) is 0 Å². The summed E-state index contributed by atoms with van der Waals surface area (Å²) < 4.78 is 29.0. The fourth-order valence-corrected chi connectivity index (χ4v) is 5.89. The van der Waals surface area contributed by atoms with Crippen LogP contribution in [0.3, 0.4) is 0 Å². The molecule has 13 nitrogen and oxygen atoms in total. The van der Waals surface area contributed by atoms with Gasteiger partial charge in [0.15, 0.2) is 0 Å². The van der Waals surface area contributed by atoms with Crippen molar-refractivity contribution in [3.63, 3.8) is 0 Å². The van der Waals surface area contributed by atoms with Crippen LogP contribution in [0.15, 0.2) is 29.1 Å². The van der Waals surface area contributed by atoms with Crippen LogP contribution in [0.4, 0.5) is 0 Å². The zero-order valence-corrected chi connectivity index (χ0v) is 22.2. The molecule has 1 aromatic carbocycles. The Bertz CT molecular complexity index is 1250. The Labute approximate surface area is 216 Å². The SMILES string of the molecule is CC(=O)OC[C@H]1O[C@@H](NC(=O)Cn2[se]c3ccccc3c2=O)[C@H](OC(C)=O)[C@@H](OC(C)=O)[C@H]1OC(C)=O. The van der Waals surface area contributed by atoms with E-state index in [0.29, 0.717) is 5.39 Å². The molecule has 1 amide bonds. The Kier molecular flexibility index (Phi) is 9.24. The van der Waals surface area contributed by atoms with Gasteiger partial charge in [-0.1, -0.05) is 0 Å². The number of fused-ring (bicyclic) bond motifs is 1. The number of benzene rings is 1. The molecule has 37 heavy (non-hydrogen) atoms. The summed E-state index contributed by atoms with van der Waals surface area (Å²) in [6.07, 6.45) is -6.78. The van der Waals surface area contributed by atoms with Crippen molar-refractivity contribution in [3.8, 4) is 0 Å². The Morgan fingerprint density at radius 1 is 0.892 bits per heavy atom. The zero-order chi connectivity index (χ0) is 27.3. The van der Waals surface area contributed by atoms with Crippen LogP contribution in [-0.2, 0) is 54.2 Å². The van der Waals surface area contributed by atoms with E-state index < -0.39 is 81.8 Å². The monoisotopic (exact) mass is 586 g/mol. The fourth-order valence-electron chi connectivity index (χ4n) is 3.80. The van der Waals surface area contributed by atoms with E-state index in [1.54, 1.807) is 18.2 Å². The van der Waals surface area contributed by atoms with E-state index in [-0.39, 0.29) is 12.1 Å². The van der Waals surface area contributed by atoms with Gasteiger partial charge in [0.25, 0.3) is 0 Å². The van der Waals surface area contributed by atoms with Crippen LogP contribution in [-0.4, -0.2) is 85.3 Å². The number of aromatic nitrogens is 1. The van der Waals surface area contributed by atoms with Crippen LogP contribution >= 0.6 is 0 Å². The summed E-state index contributed by atoms with van der Waals surface area (Å²) in [4.78, 5) is 72.6. The van der Waals surface area contributed by atoms with E-state index >= 15 is 0 Å². The van der Waals surface area contributed by atoms with Gasteiger partial charge in [0.2, 0.25) is 0 Å². The van der Waals surface area contributed by atoms with Crippen molar-refractivity contribution in [2.45, 2.75) is 64.9 Å². The number of ether oxygens (including phenoxy) is 5. The molecule has 1 aromatic heterocycles. The number of hydrogen-bond acceptors (Lipinski definition) is 11. The summed E-state index contributed by atoms with van der Waals surface area (Å²) in [6, 6.07) is 7.02. The molecule has 0 radical (unpaired) electrons. The quantitative estimate of drug-likeness (QED) is 0.236. The number of carbonyl (C=O) groups is 5. The molecule has 1 aliphatic rings. The average Bonchev–Trinajstić information content (AvgIpc) is 3.10. The van der Waals surface area contributed by atoms with Gasteiger partial charge >= 0.3 is 217 Å². The van der Waals surface area contributed by atoms with Gasteiger partial charge < -0.3 is 0 Å². The Balaban J connectivity index is 1.91. The van der Waals surface area contributed by atoms with Gasteiger partial charge in [0, 0.05) is 0 Å². The Morgan fingerprint density at radius 2 is 1.49 bits per heavy atom. The van der Waals surface area contributed by atoms with Crippen molar-refractivity contribution in [3.05, 3.63) is 34.6 Å². The van der Waals surface area contributed by atoms with Crippen molar-refractivity contribution >= 4 is 54.2 Å². The van der Waals surface area contributed by atoms with E-state index in [2.05, 4.69) is 5.32 Å². The minimum atomic E-state index is -1.43. The molecule has 0 unspecified atom stereocenters. The molecule has 0 bridgehead atoms. The third kappa shape index (κ3) is 7.28. The van der Waals surface area contributed by atoms with Crippen molar-refractivity contribution in [1.82, 2.24) is 8.88 Å². The van der Waals surface area contributed by atoms with Crippen molar-refractivity contribution < 1.29 is 47.7 Å². The average molecular weight is 585 g/mol. The molecule has 1 N–H and O–H groups in total. The summed E-state index contributed by atoms with van der Waals surface area (Å²) >= 11 is -0.424. The second-order valence-corrected chi connectivity index (χ2v) is 10.3. The van der Waals surface area contributed by atoms with E-state index in [4.69, 9.17) is 23.7 Å². The molecule has 200 valence electrons. The number of rotatable bonds is 8. The van der Waals surface area contributed by atoms with Gasteiger partial charge in [0.05, 0.1) is 0 Å². The van der Waals surface area contributed by atoms with Crippen molar-refractivity contribution in [2.75, 3.05) is 6.61 Å². The summed E-state index contributed by atoms with van der Waals surface area (Å²) in [5, 5.41) is 3.07. The fraction of sp³-hybridized carbons (Fsp3) is 0.478. The second kappa shape index (κ2) is 12.2. The normalized spacial score (nSPS) is 23.1. The van der Waals surface area contributed by atoms with Gasteiger partial charge in [-0.05, 0) is 0 Å². The Hall–Kier alpha value is -3.48. The van der Waals surface area contributed by atoms with Gasteiger partial charge in [-0.25, -0.2) is 0 Å². The minimum absolute atomic E-state index is 0.299. The van der Waals surface area contributed by atoms with E-state index in [9.17, 15) is 28.8 Å². The predicted molar refractivity (Wildman–Crippen MR) is 125 cm³/mol. The van der Waals surface area contributed by atoms with Crippen LogP contribution < -0.4 is 10.9 Å². The van der Waals surface area contributed by atoms with E-state index in [0.717, 1.165) is 32.0 Å². The molecule has 1 fully saturated rings. The summed E-state index contributed by atoms with van der Waals surface area (Å²) in [7, 11) is 0. The van der Waals surface area contributed by atoms with E-state index in [1.807, 2.05) is 6.07 Å². The first-order valence-electron chi connectivity index (χ1n) is 11.1. The summed E-state index contributed by atoms with van der Waals surface area (Å²) in [6.45, 7) is 3.71. The molecule has 3 rings (SSSR count). The van der Waals surface area contributed by atoms with Crippen LogP contribution in [0.25, 0.3) is 9.65 Å². The van der Waals surface area contributed by atoms with Crippen LogP contribution in [0.1, 0.15) is 27.7 Å². The Morgan fingerprint density at radius 3 is 2.08 bits per heavy atom. The molecule has 0 aliphatic carbocycles. The first kappa shape index (κ1) is 28.1. The molecule has 0 saturated carbocycles. The molecule has 2 heterocycles. The van der Waals surface area contributed by atoms with Gasteiger partial charge in [-0.2, -0.15) is 0 Å². The summed E-state index contributed by atoms with van der Waals surface area (Å²) in [5.74, 6) is -3.66. The molecule has 2 aromatic rings. The van der Waals surface area contributed by atoms with Crippen LogP contribution in [0, 0.1) is 0 Å². The summed E-state index contributed by atoms with van der Waals surface area (Å²) in [5.41, 5.74) is -0.299. The molecule has 0 spiro atoms. The first-order chi connectivity index (χ1) is 17.5. The predicted octanol–water partition coefficient (Wildman–Crippen LogP) is -0.742. The van der Waals surface area contributed by atoms with Gasteiger partial charge in [-0.15, -0.1) is 0 Å². The second-order valence-electron chi connectivity index (χ2n) is 8.12. The third-order valence-electron chi connectivity index (χ3n) is 5.13. The maximum absolute atomic E-state index is 13.0. The number of esters is 4. The van der Waals surface area contributed by atoms with Crippen molar-refractivity contribution in [1.29, 1.82) is 0 Å². The third-order valence-corrected chi connectivity index (χ3v) is 7.37. The molecular formula is C23H26N2O11Se. The molecular weight excluding hydrogens is 559 g/mol. The zero-order valence-electron chi connectivity index (χ0n) is 20.5. The van der Waals surface area contributed by atoms with Crippen molar-refractivity contribution in [2.24, 2.45) is 0 Å². The molecule has 1 saturated heterocycles. The molecule has 5 atom stereocenters. The number of nitrogens with one attached hydrogen (secondary N) is 1. The maximum atomic E-state index is 13.0.